The maximum absolute atomic E-state index is 12.1. The van der Waals surface area contributed by atoms with Gasteiger partial charge in [0.1, 0.15) is 17.4 Å². The van der Waals surface area contributed by atoms with Crippen molar-refractivity contribution in [1.82, 2.24) is 0 Å². The highest BCUT2D eigenvalue weighted by molar-refractivity contribution is 6.09. The highest BCUT2D eigenvalue weighted by atomic mass is 16.3. The van der Waals surface area contributed by atoms with Crippen molar-refractivity contribution >= 4 is 29.3 Å². The monoisotopic (exact) mass is 309 g/mol. The Morgan fingerprint density at radius 1 is 1.13 bits per heavy atom. The first-order valence-electron chi connectivity index (χ1n) is 6.84. The zero-order valence-electron chi connectivity index (χ0n) is 12.7. The van der Waals surface area contributed by atoms with Gasteiger partial charge in [-0.05, 0) is 42.8 Å². The van der Waals surface area contributed by atoms with Gasteiger partial charge in [0.05, 0.1) is 6.26 Å². The van der Waals surface area contributed by atoms with Gasteiger partial charge in [0, 0.05) is 24.4 Å². The van der Waals surface area contributed by atoms with Gasteiger partial charge in [0.2, 0.25) is 5.91 Å². The van der Waals surface area contributed by atoms with Crippen LogP contribution in [0.5, 0.6) is 0 Å². The van der Waals surface area contributed by atoms with Crippen LogP contribution in [0.2, 0.25) is 0 Å². The summed E-state index contributed by atoms with van der Waals surface area (Å²) in [6.07, 6.45) is 2.89. The van der Waals surface area contributed by atoms with Crippen LogP contribution in [-0.4, -0.2) is 11.8 Å². The summed E-state index contributed by atoms with van der Waals surface area (Å²) < 4.78 is 5.20. The maximum Gasteiger partial charge on any atom is 0.266 e. The van der Waals surface area contributed by atoms with Crippen LogP contribution >= 0.6 is 0 Å². The van der Waals surface area contributed by atoms with Crippen molar-refractivity contribution in [3.63, 3.8) is 0 Å². The largest absolute Gasteiger partial charge is 0.465 e. The average Bonchev–Trinajstić information content (AvgIpc) is 2.91. The van der Waals surface area contributed by atoms with Crippen LogP contribution in [0.15, 0.2) is 46.6 Å². The quantitative estimate of drug-likeness (QED) is 0.670. The van der Waals surface area contributed by atoms with E-state index in [4.69, 9.17) is 9.68 Å². The molecule has 1 aromatic heterocycles. The summed E-state index contributed by atoms with van der Waals surface area (Å²) in [5.41, 5.74) is 1.92. The molecule has 6 heteroatoms. The molecule has 2 rings (SSSR count). The van der Waals surface area contributed by atoms with E-state index in [1.807, 2.05) is 13.0 Å². The van der Waals surface area contributed by atoms with Gasteiger partial charge in [0.25, 0.3) is 5.91 Å². The zero-order valence-corrected chi connectivity index (χ0v) is 12.7. The van der Waals surface area contributed by atoms with Gasteiger partial charge in [-0.25, -0.2) is 0 Å². The second-order valence-corrected chi connectivity index (χ2v) is 4.85. The van der Waals surface area contributed by atoms with E-state index in [2.05, 4.69) is 10.6 Å². The first-order valence-corrected chi connectivity index (χ1v) is 6.84. The van der Waals surface area contributed by atoms with E-state index in [0.717, 1.165) is 5.56 Å². The Kier molecular flexibility index (Phi) is 4.95. The predicted molar refractivity (Wildman–Crippen MR) is 86.4 cm³/mol. The van der Waals surface area contributed by atoms with Crippen LogP contribution < -0.4 is 10.6 Å². The number of hydrogen-bond acceptors (Lipinski definition) is 4. The molecule has 1 aromatic carbocycles. The average molecular weight is 309 g/mol. The third kappa shape index (κ3) is 4.32. The molecule has 23 heavy (non-hydrogen) atoms. The van der Waals surface area contributed by atoms with Crippen LogP contribution in [0.25, 0.3) is 6.08 Å². The molecule has 0 bridgehead atoms. The van der Waals surface area contributed by atoms with Crippen molar-refractivity contribution in [2.75, 3.05) is 10.6 Å². The molecule has 0 aliphatic rings. The van der Waals surface area contributed by atoms with Crippen molar-refractivity contribution in [3.8, 4) is 6.07 Å². The van der Waals surface area contributed by atoms with Crippen LogP contribution in [0.4, 0.5) is 11.4 Å². The molecule has 116 valence electrons. The molecular weight excluding hydrogens is 294 g/mol. The summed E-state index contributed by atoms with van der Waals surface area (Å²) in [6, 6.07) is 10.2. The number of carbonyl (C=O) groups is 2. The zero-order chi connectivity index (χ0) is 16.8. The summed E-state index contributed by atoms with van der Waals surface area (Å²) in [6.45, 7) is 3.24. The lowest BCUT2D eigenvalue weighted by molar-refractivity contribution is -0.114. The molecule has 6 nitrogen and oxygen atoms in total. The fraction of sp³-hybridized carbons (Fsp3) is 0.118. The molecule has 2 amide bonds. The Morgan fingerprint density at radius 2 is 1.74 bits per heavy atom. The second kappa shape index (κ2) is 7.09. The Balaban J connectivity index is 2.11. The number of nitrogens with one attached hydrogen (secondary N) is 2. The second-order valence-electron chi connectivity index (χ2n) is 4.85. The number of aryl methyl sites for hydroxylation is 1. The summed E-state index contributed by atoms with van der Waals surface area (Å²) >= 11 is 0. The van der Waals surface area contributed by atoms with E-state index in [9.17, 15) is 9.59 Å². The van der Waals surface area contributed by atoms with E-state index < -0.39 is 5.91 Å². The number of amides is 2. The fourth-order valence-electron chi connectivity index (χ4n) is 1.85. The number of nitrogens with zero attached hydrogens (tertiary/aromatic N) is 1. The lowest BCUT2D eigenvalue weighted by atomic mass is 10.2. The minimum atomic E-state index is -0.532. The highest BCUT2D eigenvalue weighted by Gasteiger charge is 2.11. The van der Waals surface area contributed by atoms with Crippen molar-refractivity contribution < 1.29 is 14.0 Å². The van der Waals surface area contributed by atoms with E-state index >= 15 is 0 Å². The van der Waals surface area contributed by atoms with Crippen molar-refractivity contribution in [3.05, 3.63) is 53.5 Å². The van der Waals surface area contributed by atoms with Gasteiger partial charge in [-0.3, -0.25) is 9.59 Å². The molecular formula is C17H15N3O3. The third-order valence-corrected chi connectivity index (χ3v) is 3.01. The summed E-state index contributed by atoms with van der Waals surface area (Å²) in [4.78, 5) is 23.1. The first kappa shape index (κ1) is 16.0. The minimum Gasteiger partial charge on any atom is -0.465 e. The molecule has 2 N–H and O–H groups in total. The van der Waals surface area contributed by atoms with Gasteiger partial charge in [-0.1, -0.05) is 0 Å². The Morgan fingerprint density at radius 3 is 2.22 bits per heavy atom. The molecule has 0 spiro atoms. The number of carbonyl (C=O) groups excluding carboxylic acids is 2. The molecule has 0 saturated carbocycles. The van der Waals surface area contributed by atoms with E-state index in [-0.39, 0.29) is 11.5 Å². The van der Waals surface area contributed by atoms with Crippen molar-refractivity contribution in [2.24, 2.45) is 0 Å². The number of anilines is 2. The standard InChI is InChI=1S/C17H15N3O3/c1-11-7-8-23-16(11)9-13(10-18)17(22)20-15-5-3-14(4-6-15)19-12(2)21/h3-9H,1-2H3,(H,19,21)(H,20,22). The fourth-order valence-corrected chi connectivity index (χ4v) is 1.85. The smallest absolute Gasteiger partial charge is 0.266 e. The molecule has 0 radical (unpaired) electrons. The number of nitriles is 1. The molecule has 0 fully saturated rings. The topological polar surface area (TPSA) is 95.1 Å². The van der Waals surface area contributed by atoms with Crippen LogP contribution in [-0.2, 0) is 9.59 Å². The molecule has 0 saturated heterocycles. The molecule has 1 heterocycles. The first-order chi connectivity index (χ1) is 11.0. The van der Waals surface area contributed by atoms with E-state index in [1.54, 1.807) is 30.3 Å². The summed E-state index contributed by atoms with van der Waals surface area (Å²) in [5.74, 6) is -0.237. The minimum absolute atomic E-state index is 0.0611. The van der Waals surface area contributed by atoms with Crippen LogP contribution in [0.1, 0.15) is 18.2 Å². The lowest BCUT2D eigenvalue weighted by Crippen LogP contribution is -2.13. The number of furan rings is 1. The highest BCUT2D eigenvalue weighted by Crippen LogP contribution is 2.16. The summed E-state index contributed by atoms with van der Waals surface area (Å²) in [7, 11) is 0. The Labute approximate surface area is 133 Å². The SMILES string of the molecule is CC(=O)Nc1ccc(NC(=O)C(C#N)=Cc2occc2C)cc1. The third-order valence-electron chi connectivity index (χ3n) is 3.01. The number of benzene rings is 1. The van der Waals surface area contributed by atoms with Crippen molar-refractivity contribution in [2.45, 2.75) is 13.8 Å². The molecule has 0 aliphatic carbocycles. The molecule has 2 aromatic rings. The van der Waals surface area contributed by atoms with Gasteiger partial charge in [-0.2, -0.15) is 5.26 Å². The molecule has 0 aliphatic heterocycles. The van der Waals surface area contributed by atoms with E-state index in [0.29, 0.717) is 17.1 Å². The van der Waals surface area contributed by atoms with Crippen LogP contribution in [0.3, 0.4) is 0 Å². The summed E-state index contributed by atoms with van der Waals surface area (Å²) in [5, 5.41) is 14.4. The molecule has 0 atom stereocenters. The van der Waals surface area contributed by atoms with Gasteiger partial charge < -0.3 is 15.1 Å². The number of rotatable bonds is 4. The lowest BCUT2D eigenvalue weighted by Gasteiger charge is -2.06. The maximum atomic E-state index is 12.1. The van der Waals surface area contributed by atoms with Gasteiger partial charge in [-0.15, -0.1) is 0 Å². The Hall–Kier alpha value is -3.33. The van der Waals surface area contributed by atoms with Crippen LogP contribution in [0, 0.1) is 18.3 Å². The molecule has 0 unspecified atom stereocenters. The number of hydrogen-bond donors (Lipinski definition) is 2. The van der Waals surface area contributed by atoms with E-state index in [1.165, 1.54) is 19.3 Å². The van der Waals surface area contributed by atoms with Gasteiger partial charge in [0.15, 0.2) is 0 Å². The predicted octanol–water partition coefficient (Wildman–Crippen LogP) is 3.09. The normalized spacial score (nSPS) is 10.7. The van der Waals surface area contributed by atoms with Gasteiger partial charge >= 0.3 is 0 Å². The Bertz CT molecular complexity index is 795. The van der Waals surface area contributed by atoms with Crippen molar-refractivity contribution in [1.29, 1.82) is 5.26 Å².